The average molecular weight is 1200 g/mol. The predicted octanol–water partition coefficient (Wildman–Crippen LogP) is 16.6. The molecule has 0 aliphatic heterocycles. The highest BCUT2D eigenvalue weighted by Crippen LogP contribution is 2.45. The van der Waals surface area contributed by atoms with E-state index in [9.17, 15) is 43.2 Å². The fraction of sp³-hybridized carbons (Fsp3) is 0.935. The lowest BCUT2D eigenvalue weighted by molar-refractivity contribution is -0.161. The summed E-state index contributed by atoms with van der Waals surface area (Å²) in [5.74, 6) is 0.692. The number of hydrogen-bond donors (Lipinski definition) is 3. The number of phosphoric ester groups is 2. The molecule has 3 unspecified atom stereocenters. The zero-order valence-electron chi connectivity index (χ0n) is 52.4. The summed E-state index contributed by atoms with van der Waals surface area (Å²) in [5.41, 5.74) is 0. The van der Waals surface area contributed by atoms with Crippen LogP contribution < -0.4 is 0 Å². The van der Waals surface area contributed by atoms with E-state index < -0.39 is 97.5 Å². The Labute approximate surface area is 492 Å². The number of esters is 4. The predicted molar refractivity (Wildman–Crippen MR) is 321 cm³/mol. The summed E-state index contributed by atoms with van der Waals surface area (Å²) in [4.78, 5) is 72.1. The molecule has 0 aliphatic rings. The molecule has 0 rings (SSSR count). The van der Waals surface area contributed by atoms with Crippen LogP contribution in [0.15, 0.2) is 0 Å². The quantitative estimate of drug-likeness (QED) is 0.0222. The zero-order valence-corrected chi connectivity index (χ0v) is 54.2. The first-order chi connectivity index (χ1) is 38.6. The van der Waals surface area contributed by atoms with E-state index in [1.54, 1.807) is 0 Å². The van der Waals surface area contributed by atoms with Crippen LogP contribution in [0, 0.1) is 23.7 Å². The van der Waals surface area contributed by atoms with E-state index in [4.69, 9.17) is 37.0 Å². The van der Waals surface area contributed by atoms with Crippen molar-refractivity contribution in [2.45, 2.75) is 311 Å². The maximum Gasteiger partial charge on any atom is 0.472 e. The summed E-state index contributed by atoms with van der Waals surface area (Å²) in [5, 5.41) is 10.5. The normalized spacial score (nSPS) is 14.8. The second kappa shape index (κ2) is 52.4. The molecule has 0 saturated carbocycles. The van der Waals surface area contributed by atoms with Crippen LogP contribution in [0.25, 0.3) is 0 Å². The SMILES string of the molecule is CCC(C)CCCCCCCCC(=O)O[C@H](COC(=O)CCCCCCCCC(C)C)COP(=O)(O)OC[C@H](O)COP(=O)(O)OC[C@@H](COC(=O)CCCCCCCCCCCC(C)C)OC(=O)CCCCCCCCCC(C)C. The van der Waals surface area contributed by atoms with Gasteiger partial charge in [-0.2, -0.15) is 0 Å². The summed E-state index contributed by atoms with van der Waals surface area (Å²) in [7, 11) is -9.88. The van der Waals surface area contributed by atoms with E-state index in [2.05, 4.69) is 55.4 Å². The van der Waals surface area contributed by atoms with Gasteiger partial charge in [-0.05, 0) is 49.4 Å². The third-order valence-corrected chi connectivity index (χ3v) is 16.3. The van der Waals surface area contributed by atoms with Crippen LogP contribution in [0.5, 0.6) is 0 Å². The number of unbranched alkanes of at least 4 members (excludes halogenated alkanes) is 24. The van der Waals surface area contributed by atoms with Crippen molar-refractivity contribution in [3.8, 4) is 0 Å². The Balaban J connectivity index is 5.25. The zero-order chi connectivity index (χ0) is 60.4. The van der Waals surface area contributed by atoms with E-state index in [0.717, 1.165) is 108 Å². The van der Waals surface area contributed by atoms with Crippen LogP contribution in [0.2, 0.25) is 0 Å². The fourth-order valence-corrected chi connectivity index (χ4v) is 10.6. The molecule has 17 nitrogen and oxygen atoms in total. The van der Waals surface area contributed by atoms with Crippen LogP contribution in [0.4, 0.5) is 0 Å². The van der Waals surface area contributed by atoms with Crippen LogP contribution in [-0.4, -0.2) is 96.7 Å². The van der Waals surface area contributed by atoms with Gasteiger partial charge in [0.2, 0.25) is 0 Å². The Morgan fingerprint density at radius 2 is 0.593 bits per heavy atom. The number of hydrogen-bond acceptors (Lipinski definition) is 15. The summed E-state index contributed by atoms with van der Waals surface area (Å²) in [6.45, 7) is 13.9. The molecule has 0 aromatic carbocycles. The number of carbonyl (C=O) groups excluding carboxylic acids is 4. The third kappa shape index (κ3) is 55.7. The van der Waals surface area contributed by atoms with Crippen LogP contribution in [-0.2, 0) is 65.4 Å². The molecule has 0 radical (unpaired) electrons. The summed E-state index contributed by atoms with van der Waals surface area (Å²) in [6.07, 6.45) is 31.0. The first kappa shape index (κ1) is 79.1. The maximum absolute atomic E-state index is 12.9. The molecule has 0 heterocycles. The number of ether oxygens (including phenoxy) is 4. The molecule has 0 fully saturated rings. The second-order valence-corrected chi connectivity index (χ2v) is 27.0. The van der Waals surface area contributed by atoms with Gasteiger partial charge in [-0.3, -0.25) is 37.3 Å². The molecule has 0 spiro atoms. The minimum absolute atomic E-state index is 0.101. The van der Waals surface area contributed by atoms with E-state index in [1.807, 2.05) is 0 Å². The summed E-state index contributed by atoms with van der Waals surface area (Å²) in [6, 6.07) is 0. The Bertz CT molecular complexity index is 1630. The molecule has 6 atom stereocenters. The number of aliphatic hydroxyl groups excluding tert-OH is 1. The van der Waals surface area contributed by atoms with Gasteiger partial charge in [-0.15, -0.1) is 0 Å². The maximum atomic E-state index is 12.9. The largest absolute Gasteiger partial charge is 0.472 e. The van der Waals surface area contributed by atoms with Crippen molar-refractivity contribution in [3.63, 3.8) is 0 Å². The van der Waals surface area contributed by atoms with Gasteiger partial charge in [-0.1, -0.05) is 242 Å². The lowest BCUT2D eigenvalue weighted by Crippen LogP contribution is -2.30. The Morgan fingerprint density at radius 3 is 0.877 bits per heavy atom. The monoisotopic (exact) mass is 1200 g/mol. The van der Waals surface area contributed by atoms with Crippen LogP contribution in [0.3, 0.4) is 0 Å². The van der Waals surface area contributed by atoms with Gasteiger partial charge in [0, 0.05) is 25.7 Å². The molecule has 3 N–H and O–H groups in total. The van der Waals surface area contributed by atoms with Gasteiger partial charge in [-0.25, -0.2) is 9.13 Å². The molecular weight excluding hydrogens is 1080 g/mol. The van der Waals surface area contributed by atoms with Crippen molar-refractivity contribution in [2.75, 3.05) is 39.6 Å². The van der Waals surface area contributed by atoms with Crippen molar-refractivity contribution >= 4 is 39.5 Å². The topological polar surface area (TPSA) is 237 Å². The highest BCUT2D eigenvalue weighted by Gasteiger charge is 2.30. The molecule has 19 heteroatoms. The minimum atomic E-state index is -4.94. The van der Waals surface area contributed by atoms with Gasteiger partial charge < -0.3 is 33.8 Å². The van der Waals surface area contributed by atoms with Crippen molar-refractivity contribution in [3.05, 3.63) is 0 Å². The minimum Gasteiger partial charge on any atom is -0.462 e. The number of rotatable bonds is 59. The Kier molecular flexibility index (Phi) is 51.1. The Morgan fingerprint density at radius 1 is 0.346 bits per heavy atom. The highest BCUT2D eigenvalue weighted by molar-refractivity contribution is 7.47. The van der Waals surface area contributed by atoms with Crippen molar-refractivity contribution in [1.82, 2.24) is 0 Å². The lowest BCUT2D eigenvalue weighted by atomic mass is 10.00. The standard InChI is InChI=1S/C62H120O17P2/c1-9-55(8)41-33-25-19-21-29-37-45-62(67)79-58(49-73-60(65)43-35-27-20-18-24-32-40-54(6)7)51-77-81(70,71)75-47-56(63)46-74-80(68,69)76-50-57(78-61(66)44-36-28-17-13-15-23-31-39-53(4)5)48-72-59(64)42-34-26-16-12-10-11-14-22-30-38-52(2)3/h52-58,63H,9-51H2,1-8H3,(H,68,69)(H,70,71)/t55?,56-,57-,58-/m1/s1. The summed E-state index contributed by atoms with van der Waals surface area (Å²) >= 11 is 0. The molecule has 81 heavy (non-hydrogen) atoms. The highest BCUT2D eigenvalue weighted by atomic mass is 31.2. The van der Waals surface area contributed by atoms with E-state index in [-0.39, 0.29) is 25.7 Å². The van der Waals surface area contributed by atoms with Gasteiger partial charge in [0.25, 0.3) is 0 Å². The molecule has 0 aromatic heterocycles. The molecule has 480 valence electrons. The molecule has 0 aromatic rings. The molecule has 0 saturated heterocycles. The van der Waals surface area contributed by atoms with E-state index >= 15 is 0 Å². The summed E-state index contributed by atoms with van der Waals surface area (Å²) < 4.78 is 67.8. The molecular formula is C62H120O17P2. The Hall–Kier alpha value is -1.94. The average Bonchev–Trinajstić information content (AvgIpc) is 3.41. The van der Waals surface area contributed by atoms with Gasteiger partial charge in [0.05, 0.1) is 26.4 Å². The van der Waals surface area contributed by atoms with Crippen molar-refractivity contribution < 1.29 is 80.2 Å². The van der Waals surface area contributed by atoms with Gasteiger partial charge in [0.15, 0.2) is 12.2 Å². The van der Waals surface area contributed by atoms with Crippen molar-refractivity contribution in [2.24, 2.45) is 23.7 Å². The number of phosphoric acid groups is 2. The first-order valence-electron chi connectivity index (χ1n) is 32.2. The van der Waals surface area contributed by atoms with Crippen molar-refractivity contribution in [1.29, 1.82) is 0 Å². The third-order valence-electron chi connectivity index (χ3n) is 14.4. The van der Waals surface area contributed by atoms with Gasteiger partial charge >= 0.3 is 39.5 Å². The molecule has 0 bridgehead atoms. The van der Waals surface area contributed by atoms with Gasteiger partial charge in [0.1, 0.15) is 19.3 Å². The number of aliphatic hydroxyl groups is 1. The smallest absolute Gasteiger partial charge is 0.462 e. The number of carbonyl (C=O) groups is 4. The molecule has 0 amide bonds. The van der Waals surface area contributed by atoms with Crippen LogP contribution >= 0.6 is 15.6 Å². The lowest BCUT2D eigenvalue weighted by Gasteiger charge is -2.21. The van der Waals surface area contributed by atoms with E-state index in [0.29, 0.717) is 37.5 Å². The molecule has 0 aliphatic carbocycles. The first-order valence-corrected chi connectivity index (χ1v) is 35.2. The fourth-order valence-electron chi connectivity index (χ4n) is 9.04. The van der Waals surface area contributed by atoms with Crippen LogP contribution in [0.1, 0.15) is 293 Å². The van der Waals surface area contributed by atoms with E-state index in [1.165, 1.54) is 89.9 Å². The second-order valence-electron chi connectivity index (χ2n) is 24.1.